The highest BCUT2D eigenvalue weighted by molar-refractivity contribution is 5.17. The van der Waals surface area contributed by atoms with Crippen LogP contribution in [-0.4, -0.2) is 24.1 Å². The molecule has 2 aromatic carbocycles. The fourth-order valence-corrected chi connectivity index (χ4v) is 2.64. The van der Waals surface area contributed by atoms with Gasteiger partial charge in [-0.3, -0.25) is 4.90 Å². The third-order valence-electron chi connectivity index (χ3n) is 3.80. The van der Waals surface area contributed by atoms with Crippen LogP contribution in [0.2, 0.25) is 0 Å². The molecule has 0 bridgehead atoms. The van der Waals surface area contributed by atoms with Crippen LogP contribution in [-0.2, 0) is 17.9 Å². The molecule has 1 aliphatic heterocycles. The molecule has 0 aromatic heterocycles. The van der Waals surface area contributed by atoms with E-state index in [9.17, 15) is 0 Å². The first-order chi connectivity index (χ1) is 10.4. The highest BCUT2D eigenvalue weighted by atomic mass is 16.5. The van der Waals surface area contributed by atoms with E-state index < -0.39 is 0 Å². The molecule has 2 heteroatoms. The minimum Gasteiger partial charge on any atom is -0.375 e. The minimum atomic E-state index is 0.383. The average molecular weight is 279 g/mol. The van der Waals surface area contributed by atoms with Gasteiger partial charge in [0.15, 0.2) is 0 Å². The molecule has 0 fully saturated rings. The van der Waals surface area contributed by atoms with Crippen molar-refractivity contribution < 1.29 is 4.74 Å². The Labute approximate surface area is 126 Å². The molecule has 1 aliphatic rings. The van der Waals surface area contributed by atoms with E-state index >= 15 is 0 Å². The first kappa shape index (κ1) is 14.1. The molecule has 0 unspecified atom stereocenters. The Hall–Kier alpha value is -1.90. The summed E-state index contributed by atoms with van der Waals surface area (Å²) in [5, 5.41) is 0. The number of hydrogen-bond donors (Lipinski definition) is 0. The Bertz CT molecular complexity index is 565. The van der Waals surface area contributed by atoms with Gasteiger partial charge in [0.1, 0.15) is 0 Å². The molecular formula is C19H21NO. The number of rotatable bonds is 6. The zero-order valence-electron chi connectivity index (χ0n) is 12.2. The van der Waals surface area contributed by atoms with Crippen LogP contribution in [0.1, 0.15) is 11.1 Å². The second-order valence-electron chi connectivity index (χ2n) is 5.41. The number of nitrogens with zero attached hydrogens (tertiary/aromatic N) is 1. The third kappa shape index (κ3) is 4.03. The van der Waals surface area contributed by atoms with Crippen LogP contribution in [0.25, 0.3) is 0 Å². The van der Waals surface area contributed by atoms with Crippen LogP contribution >= 0.6 is 0 Å². The van der Waals surface area contributed by atoms with Crippen LogP contribution in [0.5, 0.6) is 0 Å². The molecule has 0 saturated heterocycles. The summed E-state index contributed by atoms with van der Waals surface area (Å²) in [7, 11) is 0. The molecule has 2 aromatic rings. The van der Waals surface area contributed by atoms with Crippen molar-refractivity contribution in [2.75, 3.05) is 13.2 Å². The van der Waals surface area contributed by atoms with E-state index in [4.69, 9.17) is 4.74 Å². The number of ether oxygens (including phenoxy) is 1. The van der Waals surface area contributed by atoms with E-state index in [1.807, 2.05) is 6.07 Å². The van der Waals surface area contributed by atoms with Gasteiger partial charge in [0.05, 0.1) is 19.3 Å². The molecule has 0 radical (unpaired) electrons. The second kappa shape index (κ2) is 7.21. The van der Waals surface area contributed by atoms with Crippen molar-refractivity contribution >= 4 is 0 Å². The quantitative estimate of drug-likeness (QED) is 0.748. The predicted octanol–water partition coefficient (Wildman–Crippen LogP) is 3.64. The van der Waals surface area contributed by atoms with Gasteiger partial charge in [-0.05, 0) is 11.1 Å². The molecule has 0 N–H and O–H groups in total. The maximum absolute atomic E-state index is 5.88. The molecule has 2 nitrogen and oxygen atoms in total. The summed E-state index contributed by atoms with van der Waals surface area (Å²) in [6, 6.07) is 21.3. The van der Waals surface area contributed by atoms with Gasteiger partial charge in [-0.1, -0.05) is 72.8 Å². The van der Waals surface area contributed by atoms with Crippen molar-refractivity contribution in [3.8, 4) is 0 Å². The molecule has 1 heterocycles. The summed E-state index contributed by atoms with van der Waals surface area (Å²) < 4.78 is 5.88. The van der Waals surface area contributed by atoms with Gasteiger partial charge in [-0.15, -0.1) is 0 Å². The Morgan fingerprint density at radius 3 is 2.29 bits per heavy atom. The zero-order chi connectivity index (χ0) is 14.3. The predicted molar refractivity (Wildman–Crippen MR) is 85.9 cm³/mol. The van der Waals surface area contributed by atoms with Gasteiger partial charge in [0, 0.05) is 13.1 Å². The van der Waals surface area contributed by atoms with E-state index in [0.717, 1.165) is 19.7 Å². The molecule has 0 amide bonds. The highest BCUT2D eigenvalue weighted by Crippen LogP contribution is 2.15. The zero-order valence-corrected chi connectivity index (χ0v) is 12.2. The molecule has 0 saturated carbocycles. The van der Waals surface area contributed by atoms with Crippen LogP contribution in [0.15, 0.2) is 72.8 Å². The van der Waals surface area contributed by atoms with Crippen molar-refractivity contribution in [3.05, 3.63) is 83.9 Å². The summed E-state index contributed by atoms with van der Waals surface area (Å²) in [4.78, 5) is 2.44. The molecule has 108 valence electrons. The topological polar surface area (TPSA) is 12.5 Å². The SMILES string of the molecule is C1=C[C@H](COCc2ccccc2)N(Cc2ccccc2)C1. The molecule has 3 rings (SSSR count). The summed E-state index contributed by atoms with van der Waals surface area (Å²) >= 11 is 0. The van der Waals surface area contributed by atoms with E-state index in [2.05, 4.69) is 71.6 Å². The van der Waals surface area contributed by atoms with E-state index in [1.165, 1.54) is 11.1 Å². The number of benzene rings is 2. The minimum absolute atomic E-state index is 0.383. The summed E-state index contributed by atoms with van der Waals surface area (Å²) in [6.45, 7) is 3.42. The van der Waals surface area contributed by atoms with Gasteiger partial charge < -0.3 is 4.74 Å². The van der Waals surface area contributed by atoms with E-state index in [1.54, 1.807) is 0 Å². The van der Waals surface area contributed by atoms with E-state index in [-0.39, 0.29) is 0 Å². The van der Waals surface area contributed by atoms with Crippen molar-refractivity contribution in [1.82, 2.24) is 4.90 Å². The van der Waals surface area contributed by atoms with Gasteiger partial charge in [0.25, 0.3) is 0 Å². The largest absolute Gasteiger partial charge is 0.375 e. The van der Waals surface area contributed by atoms with Crippen LogP contribution < -0.4 is 0 Å². The van der Waals surface area contributed by atoms with Crippen LogP contribution in [0.3, 0.4) is 0 Å². The molecular weight excluding hydrogens is 258 g/mol. The lowest BCUT2D eigenvalue weighted by Gasteiger charge is -2.24. The summed E-state index contributed by atoms with van der Waals surface area (Å²) in [5.41, 5.74) is 2.59. The standard InChI is InChI=1S/C19H21NO/c1-3-8-17(9-4-1)14-20-13-7-12-19(20)16-21-15-18-10-5-2-6-11-18/h1-12,19H,13-16H2/t19-/m1/s1. The maximum Gasteiger partial charge on any atom is 0.0717 e. The molecule has 21 heavy (non-hydrogen) atoms. The fourth-order valence-electron chi connectivity index (χ4n) is 2.64. The first-order valence-corrected chi connectivity index (χ1v) is 7.48. The van der Waals surface area contributed by atoms with Gasteiger partial charge in [-0.2, -0.15) is 0 Å². The Balaban J connectivity index is 1.49. The third-order valence-corrected chi connectivity index (χ3v) is 3.80. The molecule has 0 aliphatic carbocycles. The maximum atomic E-state index is 5.88. The smallest absolute Gasteiger partial charge is 0.0717 e. The lowest BCUT2D eigenvalue weighted by molar-refractivity contribution is 0.0742. The first-order valence-electron chi connectivity index (χ1n) is 7.48. The van der Waals surface area contributed by atoms with Crippen LogP contribution in [0, 0.1) is 0 Å². The monoisotopic (exact) mass is 279 g/mol. The van der Waals surface area contributed by atoms with Gasteiger partial charge in [-0.25, -0.2) is 0 Å². The Morgan fingerprint density at radius 2 is 1.57 bits per heavy atom. The highest BCUT2D eigenvalue weighted by Gasteiger charge is 2.19. The van der Waals surface area contributed by atoms with Crippen molar-refractivity contribution in [3.63, 3.8) is 0 Å². The fraction of sp³-hybridized carbons (Fsp3) is 0.263. The normalized spacial score (nSPS) is 18.2. The van der Waals surface area contributed by atoms with E-state index in [0.29, 0.717) is 12.6 Å². The Morgan fingerprint density at radius 1 is 0.905 bits per heavy atom. The molecule has 1 atom stereocenters. The Kier molecular flexibility index (Phi) is 4.82. The lowest BCUT2D eigenvalue weighted by Crippen LogP contribution is -2.33. The molecule has 0 spiro atoms. The number of hydrogen-bond acceptors (Lipinski definition) is 2. The van der Waals surface area contributed by atoms with Gasteiger partial charge in [0.2, 0.25) is 0 Å². The second-order valence-corrected chi connectivity index (χ2v) is 5.41. The van der Waals surface area contributed by atoms with Crippen molar-refractivity contribution in [2.45, 2.75) is 19.2 Å². The summed E-state index contributed by atoms with van der Waals surface area (Å²) in [6.07, 6.45) is 4.49. The summed E-state index contributed by atoms with van der Waals surface area (Å²) in [5.74, 6) is 0. The average Bonchev–Trinajstić information content (AvgIpc) is 2.97. The van der Waals surface area contributed by atoms with Crippen LogP contribution in [0.4, 0.5) is 0 Å². The lowest BCUT2D eigenvalue weighted by atomic mass is 10.2. The van der Waals surface area contributed by atoms with Crippen molar-refractivity contribution in [1.29, 1.82) is 0 Å². The van der Waals surface area contributed by atoms with Gasteiger partial charge >= 0.3 is 0 Å². The van der Waals surface area contributed by atoms with Crippen molar-refractivity contribution in [2.24, 2.45) is 0 Å².